The summed E-state index contributed by atoms with van der Waals surface area (Å²) >= 11 is 0. The van der Waals surface area contributed by atoms with Crippen molar-refractivity contribution in [2.75, 3.05) is 0 Å². The second-order valence-electron chi connectivity index (χ2n) is 7.87. The number of nitro benzene ring substituents is 1. The molecular formula is C20H22N4O5S. The van der Waals surface area contributed by atoms with Crippen molar-refractivity contribution in [3.05, 3.63) is 69.6 Å². The summed E-state index contributed by atoms with van der Waals surface area (Å²) in [6.45, 7) is 7.67. The van der Waals surface area contributed by atoms with Gasteiger partial charge in [-0.1, -0.05) is 56.3 Å². The van der Waals surface area contributed by atoms with Crippen molar-refractivity contribution in [1.29, 1.82) is 0 Å². The number of hydrogen-bond acceptors (Lipinski definition) is 7. The normalized spacial score (nSPS) is 12.1. The van der Waals surface area contributed by atoms with E-state index in [-0.39, 0.29) is 28.4 Å². The summed E-state index contributed by atoms with van der Waals surface area (Å²) in [5.41, 5.74) is 2.01. The molecule has 0 radical (unpaired) electrons. The lowest BCUT2D eigenvalue weighted by Crippen LogP contribution is -2.24. The molecule has 0 atom stereocenters. The zero-order valence-electron chi connectivity index (χ0n) is 17.0. The van der Waals surface area contributed by atoms with Gasteiger partial charge in [0.15, 0.2) is 0 Å². The monoisotopic (exact) mass is 430 g/mol. The van der Waals surface area contributed by atoms with Crippen molar-refractivity contribution in [3.63, 3.8) is 0 Å². The molecule has 0 aliphatic carbocycles. The Morgan fingerprint density at radius 3 is 2.40 bits per heavy atom. The van der Waals surface area contributed by atoms with Crippen molar-refractivity contribution in [2.45, 2.75) is 44.6 Å². The SMILES string of the molecule is Cc1ccc([N+](=O)[O-])cc1S(=O)(=O)NCc1nc(-c2ccc(C(C)(C)C)cc2)no1. The summed E-state index contributed by atoms with van der Waals surface area (Å²) < 4.78 is 32.7. The van der Waals surface area contributed by atoms with Crippen molar-refractivity contribution in [3.8, 4) is 11.4 Å². The minimum Gasteiger partial charge on any atom is -0.338 e. The van der Waals surface area contributed by atoms with E-state index < -0.39 is 14.9 Å². The van der Waals surface area contributed by atoms with Gasteiger partial charge < -0.3 is 4.52 Å². The second kappa shape index (κ2) is 7.96. The van der Waals surface area contributed by atoms with E-state index in [4.69, 9.17) is 4.52 Å². The second-order valence-corrected chi connectivity index (χ2v) is 9.61. The first-order chi connectivity index (χ1) is 14.0. The van der Waals surface area contributed by atoms with E-state index in [0.29, 0.717) is 11.4 Å². The van der Waals surface area contributed by atoms with Crippen LogP contribution in [0.15, 0.2) is 51.9 Å². The van der Waals surface area contributed by atoms with Crippen LogP contribution in [0.5, 0.6) is 0 Å². The number of nitrogens with zero attached hydrogens (tertiary/aromatic N) is 3. The smallest absolute Gasteiger partial charge is 0.270 e. The lowest BCUT2D eigenvalue weighted by Gasteiger charge is -2.18. The van der Waals surface area contributed by atoms with Crippen molar-refractivity contribution < 1.29 is 17.9 Å². The van der Waals surface area contributed by atoms with Crippen LogP contribution >= 0.6 is 0 Å². The molecule has 1 aromatic heterocycles. The molecular weight excluding hydrogens is 408 g/mol. The average Bonchev–Trinajstić information content (AvgIpc) is 3.15. The summed E-state index contributed by atoms with van der Waals surface area (Å²) in [5.74, 6) is 0.424. The predicted octanol–water partition coefficient (Wildman–Crippen LogP) is 3.73. The lowest BCUT2D eigenvalue weighted by molar-refractivity contribution is -0.385. The summed E-state index contributed by atoms with van der Waals surface area (Å²) in [6, 6.07) is 11.4. The van der Waals surface area contributed by atoms with Gasteiger partial charge in [-0.25, -0.2) is 13.1 Å². The fourth-order valence-electron chi connectivity index (χ4n) is 2.79. The molecule has 0 saturated carbocycles. The average molecular weight is 430 g/mol. The number of benzene rings is 2. The van der Waals surface area contributed by atoms with Crippen LogP contribution in [0, 0.1) is 17.0 Å². The predicted molar refractivity (Wildman–Crippen MR) is 110 cm³/mol. The first-order valence-electron chi connectivity index (χ1n) is 9.15. The maximum Gasteiger partial charge on any atom is 0.270 e. The van der Waals surface area contributed by atoms with Crippen LogP contribution in [0.4, 0.5) is 5.69 Å². The molecule has 9 nitrogen and oxygen atoms in total. The van der Waals surface area contributed by atoms with E-state index in [1.54, 1.807) is 6.92 Å². The highest BCUT2D eigenvalue weighted by molar-refractivity contribution is 7.89. The lowest BCUT2D eigenvalue weighted by atomic mass is 9.87. The number of nitro groups is 1. The molecule has 0 amide bonds. The molecule has 30 heavy (non-hydrogen) atoms. The Hall–Kier alpha value is -3.11. The zero-order chi connectivity index (χ0) is 22.1. The summed E-state index contributed by atoms with van der Waals surface area (Å²) in [6.07, 6.45) is 0. The molecule has 0 bridgehead atoms. The van der Waals surface area contributed by atoms with Gasteiger partial charge in [0.1, 0.15) is 0 Å². The Labute approximate surface area is 174 Å². The van der Waals surface area contributed by atoms with Crippen LogP contribution in [-0.2, 0) is 22.0 Å². The molecule has 0 aliphatic heterocycles. The van der Waals surface area contributed by atoms with Crippen LogP contribution in [0.25, 0.3) is 11.4 Å². The van der Waals surface area contributed by atoms with Gasteiger partial charge in [-0.15, -0.1) is 0 Å². The first kappa shape index (κ1) is 21.6. The topological polar surface area (TPSA) is 128 Å². The highest BCUT2D eigenvalue weighted by atomic mass is 32.2. The number of hydrogen-bond donors (Lipinski definition) is 1. The number of aryl methyl sites for hydroxylation is 1. The molecule has 1 heterocycles. The van der Waals surface area contributed by atoms with Crippen LogP contribution in [0.3, 0.4) is 0 Å². The highest BCUT2D eigenvalue weighted by Crippen LogP contribution is 2.25. The van der Waals surface area contributed by atoms with Gasteiger partial charge in [-0.2, -0.15) is 4.98 Å². The minimum atomic E-state index is -4.00. The van der Waals surface area contributed by atoms with E-state index in [0.717, 1.165) is 17.2 Å². The Bertz CT molecular complexity index is 1180. The Morgan fingerprint density at radius 1 is 1.13 bits per heavy atom. The highest BCUT2D eigenvalue weighted by Gasteiger charge is 2.22. The van der Waals surface area contributed by atoms with E-state index in [1.807, 2.05) is 24.3 Å². The summed E-state index contributed by atoms with van der Waals surface area (Å²) in [7, 11) is -4.00. The largest absolute Gasteiger partial charge is 0.338 e. The fraction of sp³-hybridized carbons (Fsp3) is 0.300. The van der Waals surface area contributed by atoms with Crippen molar-refractivity contribution in [1.82, 2.24) is 14.9 Å². The van der Waals surface area contributed by atoms with Crippen LogP contribution in [0.1, 0.15) is 37.8 Å². The van der Waals surface area contributed by atoms with E-state index >= 15 is 0 Å². The minimum absolute atomic E-state index is 0.0177. The Kier molecular flexibility index (Phi) is 5.73. The Balaban J connectivity index is 1.75. The van der Waals surface area contributed by atoms with Crippen LogP contribution < -0.4 is 4.72 Å². The molecule has 10 heteroatoms. The molecule has 0 fully saturated rings. The van der Waals surface area contributed by atoms with Crippen LogP contribution in [0.2, 0.25) is 0 Å². The molecule has 0 unspecified atom stereocenters. The third kappa shape index (κ3) is 4.71. The van der Waals surface area contributed by atoms with Gasteiger partial charge >= 0.3 is 0 Å². The maximum atomic E-state index is 12.6. The van der Waals surface area contributed by atoms with Gasteiger partial charge in [0, 0.05) is 17.7 Å². The quantitative estimate of drug-likeness (QED) is 0.466. The van der Waals surface area contributed by atoms with Gasteiger partial charge in [0.05, 0.1) is 16.4 Å². The maximum absolute atomic E-state index is 12.6. The van der Waals surface area contributed by atoms with Gasteiger partial charge in [-0.05, 0) is 23.5 Å². The van der Waals surface area contributed by atoms with Gasteiger partial charge in [0.25, 0.3) is 5.69 Å². The van der Waals surface area contributed by atoms with Crippen molar-refractivity contribution >= 4 is 15.7 Å². The molecule has 1 N–H and O–H groups in total. The molecule has 0 spiro atoms. The third-order valence-corrected chi connectivity index (χ3v) is 6.11. The van der Waals surface area contributed by atoms with E-state index in [2.05, 4.69) is 35.6 Å². The molecule has 3 rings (SSSR count). The fourth-order valence-corrected chi connectivity index (χ4v) is 4.03. The summed E-state index contributed by atoms with van der Waals surface area (Å²) in [5, 5.41) is 14.8. The molecule has 3 aromatic rings. The van der Waals surface area contributed by atoms with Gasteiger partial charge in [-0.3, -0.25) is 10.1 Å². The third-order valence-electron chi connectivity index (χ3n) is 4.56. The molecule has 0 aliphatic rings. The first-order valence-corrected chi connectivity index (χ1v) is 10.6. The summed E-state index contributed by atoms with van der Waals surface area (Å²) in [4.78, 5) is 14.3. The number of non-ortho nitro benzene ring substituents is 1. The van der Waals surface area contributed by atoms with Gasteiger partial charge in [0.2, 0.25) is 21.7 Å². The van der Waals surface area contributed by atoms with E-state index in [9.17, 15) is 18.5 Å². The number of nitrogens with one attached hydrogen (secondary N) is 1. The van der Waals surface area contributed by atoms with E-state index in [1.165, 1.54) is 12.1 Å². The van der Waals surface area contributed by atoms with Crippen molar-refractivity contribution in [2.24, 2.45) is 0 Å². The molecule has 0 saturated heterocycles. The molecule has 158 valence electrons. The standard InChI is InChI=1S/C20H22N4O5S/c1-13-5-10-16(24(25)26)11-17(13)30(27,28)21-12-18-22-19(23-29-18)14-6-8-15(9-7-14)20(2,3)4/h5-11,21H,12H2,1-4H3. The molecule has 2 aromatic carbocycles. The van der Waals surface area contributed by atoms with Crippen LogP contribution in [-0.4, -0.2) is 23.5 Å². The Morgan fingerprint density at radius 2 is 1.80 bits per heavy atom. The number of sulfonamides is 1. The zero-order valence-corrected chi connectivity index (χ0v) is 17.9. The number of rotatable bonds is 6. The number of aromatic nitrogens is 2.